The Hall–Kier alpha value is -1.53. The van der Waals surface area contributed by atoms with E-state index in [0.717, 1.165) is 24.9 Å². The number of hydrogen-bond acceptors (Lipinski definition) is 4. The monoisotopic (exact) mass is 281 g/mol. The first-order valence-electron chi connectivity index (χ1n) is 6.84. The fraction of sp³-hybridized carbons (Fsp3) is 0.571. The number of likely N-dealkylation sites (tertiary alicyclic amines) is 1. The van der Waals surface area contributed by atoms with Crippen molar-refractivity contribution in [3.05, 3.63) is 39.7 Å². The van der Waals surface area contributed by atoms with Crippen LogP contribution in [0.15, 0.2) is 18.2 Å². The molecule has 6 heteroatoms. The lowest BCUT2D eigenvalue weighted by Gasteiger charge is -2.35. The average Bonchev–Trinajstić information content (AvgIpc) is 2.40. The Bertz CT molecular complexity index is 495. The number of nitrogens with one attached hydrogen (secondary N) is 1. The topological polar surface area (TPSA) is 58.4 Å². The second-order valence-corrected chi connectivity index (χ2v) is 5.47. The van der Waals surface area contributed by atoms with Crippen LogP contribution in [-0.2, 0) is 6.54 Å². The largest absolute Gasteiger partial charge is 0.310 e. The number of piperidine rings is 1. The molecule has 1 fully saturated rings. The summed E-state index contributed by atoms with van der Waals surface area (Å²) in [4.78, 5) is 12.2. The van der Waals surface area contributed by atoms with Crippen LogP contribution in [0, 0.1) is 15.9 Å². The van der Waals surface area contributed by atoms with Gasteiger partial charge >= 0.3 is 5.69 Å². The minimum atomic E-state index is -0.772. The van der Waals surface area contributed by atoms with Crippen LogP contribution >= 0.6 is 0 Å². The Kier molecular flexibility index (Phi) is 4.67. The van der Waals surface area contributed by atoms with Crippen molar-refractivity contribution in [2.75, 3.05) is 13.6 Å². The molecule has 5 nitrogen and oxygen atoms in total. The van der Waals surface area contributed by atoms with Gasteiger partial charge in [0.25, 0.3) is 0 Å². The van der Waals surface area contributed by atoms with Crippen LogP contribution in [0.2, 0.25) is 0 Å². The van der Waals surface area contributed by atoms with Crippen LogP contribution in [0.25, 0.3) is 0 Å². The molecule has 1 saturated heterocycles. The third-order valence-electron chi connectivity index (χ3n) is 4.01. The lowest BCUT2D eigenvalue weighted by atomic mass is 9.98. The number of hydrogen-bond donors (Lipinski definition) is 1. The highest BCUT2D eigenvalue weighted by Gasteiger charge is 2.22. The third kappa shape index (κ3) is 3.52. The van der Waals surface area contributed by atoms with E-state index in [1.165, 1.54) is 12.1 Å². The Labute approximate surface area is 117 Å². The Morgan fingerprint density at radius 1 is 1.55 bits per heavy atom. The number of rotatable bonds is 4. The summed E-state index contributed by atoms with van der Waals surface area (Å²) in [5.74, 6) is -0.772. The summed E-state index contributed by atoms with van der Waals surface area (Å²) in [5.41, 5.74) is 0.265. The minimum Gasteiger partial charge on any atom is -0.310 e. The highest BCUT2D eigenvalue weighted by molar-refractivity contribution is 5.34. The van der Waals surface area contributed by atoms with E-state index in [9.17, 15) is 14.5 Å². The highest BCUT2D eigenvalue weighted by Crippen LogP contribution is 2.19. The summed E-state index contributed by atoms with van der Waals surface area (Å²) >= 11 is 0. The molecule has 20 heavy (non-hydrogen) atoms. The van der Waals surface area contributed by atoms with Gasteiger partial charge in [-0.3, -0.25) is 10.1 Å². The van der Waals surface area contributed by atoms with Crippen molar-refractivity contribution >= 4 is 5.69 Å². The molecule has 1 heterocycles. The molecule has 2 unspecified atom stereocenters. The van der Waals surface area contributed by atoms with Gasteiger partial charge < -0.3 is 10.2 Å². The van der Waals surface area contributed by atoms with Crippen molar-refractivity contribution in [3.8, 4) is 0 Å². The first kappa shape index (κ1) is 14.9. The Morgan fingerprint density at radius 3 is 2.90 bits per heavy atom. The van der Waals surface area contributed by atoms with Crippen molar-refractivity contribution in [3.63, 3.8) is 0 Å². The number of benzene rings is 1. The summed E-state index contributed by atoms with van der Waals surface area (Å²) in [5, 5.41) is 14.0. The predicted molar refractivity (Wildman–Crippen MR) is 75.0 cm³/mol. The van der Waals surface area contributed by atoms with Gasteiger partial charge in [-0.1, -0.05) is 6.07 Å². The van der Waals surface area contributed by atoms with Crippen LogP contribution in [0.5, 0.6) is 0 Å². The molecular formula is C14H20FN3O2. The first-order valence-corrected chi connectivity index (χ1v) is 6.84. The van der Waals surface area contributed by atoms with E-state index in [0.29, 0.717) is 18.6 Å². The molecule has 1 aliphatic heterocycles. The molecule has 110 valence electrons. The zero-order valence-corrected chi connectivity index (χ0v) is 11.8. The first-order chi connectivity index (χ1) is 9.47. The molecule has 0 aliphatic carbocycles. The van der Waals surface area contributed by atoms with Gasteiger partial charge in [0.2, 0.25) is 5.82 Å². The van der Waals surface area contributed by atoms with Crippen LogP contribution in [0.4, 0.5) is 10.1 Å². The number of nitro groups is 1. The SMILES string of the molecule is CC1CC(NCc2ccc([N+](=O)[O-])c(F)c2)CCN1C. The molecule has 1 aromatic rings. The molecule has 1 aliphatic rings. The third-order valence-corrected chi connectivity index (χ3v) is 4.01. The number of nitro benzene ring substituents is 1. The normalized spacial score (nSPS) is 23.8. The van der Waals surface area contributed by atoms with Gasteiger partial charge in [0, 0.05) is 24.7 Å². The van der Waals surface area contributed by atoms with E-state index >= 15 is 0 Å². The van der Waals surface area contributed by atoms with Crippen LogP contribution in [0.3, 0.4) is 0 Å². The molecular weight excluding hydrogens is 261 g/mol. The molecule has 2 rings (SSSR count). The second-order valence-electron chi connectivity index (χ2n) is 5.47. The lowest BCUT2D eigenvalue weighted by Crippen LogP contribution is -2.45. The summed E-state index contributed by atoms with van der Waals surface area (Å²) in [7, 11) is 2.12. The van der Waals surface area contributed by atoms with Gasteiger partial charge in [0.15, 0.2) is 0 Å². The maximum absolute atomic E-state index is 13.5. The highest BCUT2D eigenvalue weighted by atomic mass is 19.1. The number of halogens is 1. The fourth-order valence-electron chi connectivity index (χ4n) is 2.55. The van der Waals surface area contributed by atoms with E-state index < -0.39 is 16.4 Å². The Balaban J connectivity index is 1.91. The maximum Gasteiger partial charge on any atom is 0.304 e. The Morgan fingerprint density at radius 2 is 2.30 bits per heavy atom. The van der Waals surface area contributed by atoms with Crippen molar-refractivity contribution in [2.45, 2.75) is 38.4 Å². The summed E-state index contributed by atoms with van der Waals surface area (Å²) < 4.78 is 13.5. The van der Waals surface area contributed by atoms with E-state index in [4.69, 9.17) is 0 Å². The second kappa shape index (κ2) is 6.28. The van der Waals surface area contributed by atoms with Gasteiger partial charge in [-0.2, -0.15) is 4.39 Å². The minimum absolute atomic E-state index is 0.416. The molecule has 0 saturated carbocycles. The zero-order valence-electron chi connectivity index (χ0n) is 11.8. The summed E-state index contributed by atoms with van der Waals surface area (Å²) in [6.45, 7) is 3.78. The van der Waals surface area contributed by atoms with Crippen molar-refractivity contribution in [1.29, 1.82) is 0 Å². The van der Waals surface area contributed by atoms with Gasteiger partial charge in [-0.25, -0.2) is 0 Å². The lowest BCUT2D eigenvalue weighted by molar-refractivity contribution is -0.387. The number of nitrogens with zero attached hydrogens (tertiary/aromatic N) is 2. The predicted octanol–water partition coefficient (Wildman–Crippen LogP) is 2.31. The van der Waals surface area contributed by atoms with Gasteiger partial charge in [-0.15, -0.1) is 0 Å². The molecule has 0 bridgehead atoms. The van der Waals surface area contributed by atoms with Gasteiger partial charge in [-0.05, 0) is 45.0 Å². The van der Waals surface area contributed by atoms with Gasteiger partial charge in [0.1, 0.15) is 0 Å². The van der Waals surface area contributed by atoms with E-state index in [1.54, 1.807) is 6.07 Å². The van der Waals surface area contributed by atoms with Crippen LogP contribution in [-0.4, -0.2) is 35.5 Å². The van der Waals surface area contributed by atoms with Crippen LogP contribution in [0.1, 0.15) is 25.3 Å². The molecule has 0 radical (unpaired) electrons. The van der Waals surface area contributed by atoms with E-state index in [-0.39, 0.29) is 0 Å². The molecule has 0 amide bonds. The molecule has 1 aromatic carbocycles. The zero-order chi connectivity index (χ0) is 14.7. The van der Waals surface area contributed by atoms with Gasteiger partial charge in [0.05, 0.1) is 4.92 Å². The smallest absolute Gasteiger partial charge is 0.304 e. The van der Waals surface area contributed by atoms with Crippen molar-refractivity contribution < 1.29 is 9.31 Å². The van der Waals surface area contributed by atoms with Crippen LogP contribution < -0.4 is 5.32 Å². The van der Waals surface area contributed by atoms with Crippen molar-refractivity contribution in [1.82, 2.24) is 10.2 Å². The van der Waals surface area contributed by atoms with E-state index in [2.05, 4.69) is 24.2 Å². The molecule has 1 N–H and O–H groups in total. The summed E-state index contributed by atoms with van der Waals surface area (Å²) in [6, 6.07) is 5.02. The van der Waals surface area contributed by atoms with Crippen molar-refractivity contribution in [2.24, 2.45) is 0 Å². The molecule has 0 spiro atoms. The average molecular weight is 281 g/mol. The fourth-order valence-corrected chi connectivity index (χ4v) is 2.55. The molecule has 2 atom stereocenters. The quantitative estimate of drug-likeness (QED) is 0.679. The van der Waals surface area contributed by atoms with E-state index in [1.807, 2.05) is 0 Å². The molecule has 0 aromatic heterocycles. The summed E-state index contributed by atoms with van der Waals surface area (Å²) in [6.07, 6.45) is 2.13. The standard InChI is InChI=1S/C14H20FN3O2/c1-10-7-12(5-6-17(10)2)16-9-11-3-4-14(18(19)20)13(15)8-11/h3-4,8,10,12,16H,5-7,9H2,1-2H3. The maximum atomic E-state index is 13.5.